The third kappa shape index (κ3) is 7.30. The van der Waals surface area contributed by atoms with E-state index in [0.717, 1.165) is 7.11 Å². The molecule has 0 unspecified atom stereocenters. The molecule has 0 spiro atoms. The molecule has 0 aliphatic rings. The van der Waals surface area contributed by atoms with E-state index in [0.29, 0.717) is 0 Å². The van der Waals surface area contributed by atoms with Crippen LogP contribution in [0.2, 0.25) is 0 Å². The average Bonchev–Trinajstić information content (AvgIpc) is 2.24. The molecular weight excluding hydrogens is 263 g/mol. The Bertz CT molecular complexity index is 329. The number of ether oxygens (including phenoxy) is 2. The summed E-state index contributed by atoms with van der Waals surface area (Å²) < 4.78 is 42.9. The Hall–Kier alpha value is -2.00. The quantitative estimate of drug-likeness (QED) is 0.698. The lowest BCUT2D eigenvalue weighted by Gasteiger charge is -2.14. The minimum absolute atomic E-state index is 0.729. The number of aliphatic carboxylic acids is 1. The maximum atomic E-state index is 11.7. The third-order valence-electron chi connectivity index (χ3n) is 1.56. The van der Waals surface area contributed by atoms with Gasteiger partial charge in [-0.05, 0) is 0 Å². The lowest BCUT2D eigenvalue weighted by Crippen LogP contribution is -2.43. The molecule has 0 aromatic rings. The monoisotopic (exact) mass is 273 g/mol. The molecule has 104 valence electrons. The molecule has 0 heterocycles. The summed E-state index contributed by atoms with van der Waals surface area (Å²) in [5, 5.41) is 10.2. The van der Waals surface area contributed by atoms with Crippen LogP contribution < -0.4 is 5.32 Å². The molecule has 0 rings (SSSR count). The largest absolute Gasteiger partial charge is 0.480 e. The van der Waals surface area contributed by atoms with Crippen LogP contribution in [-0.2, 0) is 19.1 Å². The van der Waals surface area contributed by atoms with Crippen molar-refractivity contribution < 1.29 is 42.1 Å². The van der Waals surface area contributed by atoms with Crippen molar-refractivity contribution in [3.63, 3.8) is 0 Å². The van der Waals surface area contributed by atoms with Crippen molar-refractivity contribution in [1.29, 1.82) is 0 Å². The topological polar surface area (TPSA) is 102 Å². The van der Waals surface area contributed by atoms with E-state index in [2.05, 4.69) is 9.47 Å². The van der Waals surface area contributed by atoms with Gasteiger partial charge in [-0.25, -0.2) is 9.59 Å². The standard InChI is InChI=1S/C8H10F3NO6/c1-17-5(13)2-4(6(14)15)12-7(16)18-3-8(9,10)11/h4H,2-3H2,1H3,(H,12,16)(H,14,15)/t4-/m0/s1. The number of carboxylic acids is 1. The average molecular weight is 273 g/mol. The van der Waals surface area contributed by atoms with Gasteiger partial charge in [-0.15, -0.1) is 0 Å². The van der Waals surface area contributed by atoms with Gasteiger partial charge in [-0.3, -0.25) is 4.79 Å². The molecule has 0 aromatic carbocycles. The zero-order valence-electron chi connectivity index (χ0n) is 9.11. The van der Waals surface area contributed by atoms with E-state index in [-0.39, 0.29) is 0 Å². The molecule has 0 aromatic heterocycles. The number of alkyl halides is 3. The predicted octanol–water partition coefficient (Wildman–Crippen LogP) is 0.291. The van der Waals surface area contributed by atoms with Crippen LogP contribution >= 0.6 is 0 Å². The zero-order valence-corrected chi connectivity index (χ0v) is 9.11. The second-order valence-electron chi connectivity index (χ2n) is 3.01. The predicted molar refractivity (Wildman–Crippen MR) is 48.6 cm³/mol. The van der Waals surface area contributed by atoms with Gasteiger partial charge in [0.2, 0.25) is 0 Å². The highest BCUT2D eigenvalue weighted by Gasteiger charge is 2.31. The van der Waals surface area contributed by atoms with E-state index in [1.165, 1.54) is 0 Å². The number of carbonyl (C=O) groups excluding carboxylic acids is 2. The lowest BCUT2D eigenvalue weighted by molar-refractivity contribution is -0.161. The van der Waals surface area contributed by atoms with Crippen LogP contribution in [0.4, 0.5) is 18.0 Å². The van der Waals surface area contributed by atoms with Gasteiger partial charge in [0.15, 0.2) is 6.61 Å². The van der Waals surface area contributed by atoms with Crippen LogP contribution in [0.1, 0.15) is 6.42 Å². The number of rotatable bonds is 5. The van der Waals surface area contributed by atoms with Crippen molar-refractivity contribution in [3.8, 4) is 0 Å². The highest BCUT2D eigenvalue weighted by atomic mass is 19.4. The number of nitrogens with one attached hydrogen (secondary N) is 1. The van der Waals surface area contributed by atoms with Gasteiger partial charge in [0.1, 0.15) is 6.04 Å². The lowest BCUT2D eigenvalue weighted by atomic mass is 10.2. The molecule has 7 nitrogen and oxygen atoms in total. The highest BCUT2D eigenvalue weighted by Crippen LogP contribution is 2.14. The fourth-order valence-corrected chi connectivity index (χ4v) is 0.781. The molecule has 0 aliphatic heterocycles. The smallest absolute Gasteiger partial charge is 0.422 e. The fourth-order valence-electron chi connectivity index (χ4n) is 0.781. The van der Waals surface area contributed by atoms with E-state index < -0.39 is 43.3 Å². The van der Waals surface area contributed by atoms with Crippen molar-refractivity contribution in [1.82, 2.24) is 5.32 Å². The number of methoxy groups -OCH3 is 1. The van der Waals surface area contributed by atoms with Gasteiger partial charge in [-0.2, -0.15) is 13.2 Å². The maximum Gasteiger partial charge on any atom is 0.422 e. The fraction of sp³-hybridized carbons (Fsp3) is 0.625. The maximum absolute atomic E-state index is 11.7. The number of esters is 1. The summed E-state index contributed by atoms with van der Waals surface area (Å²) in [5.74, 6) is -2.55. The van der Waals surface area contributed by atoms with E-state index >= 15 is 0 Å². The number of halogens is 3. The molecular formula is C8H10F3NO6. The van der Waals surface area contributed by atoms with Crippen molar-refractivity contribution in [3.05, 3.63) is 0 Å². The number of alkyl carbamates (subject to hydrolysis) is 1. The molecule has 2 N–H and O–H groups in total. The molecule has 0 fully saturated rings. The summed E-state index contributed by atoms with van der Waals surface area (Å²) in [6.45, 7) is -1.86. The third-order valence-corrected chi connectivity index (χ3v) is 1.56. The Labute approximate surface area is 98.8 Å². The van der Waals surface area contributed by atoms with Crippen LogP contribution in [0.25, 0.3) is 0 Å². The molecule has 1 amide bonds. The first-order chi connectivity index (χ1) is 8.15. The number of hydrogen-bond donors (Lipinski definition) is 2. The molecule has 0 saturated carbocycles. The van der Waals surface area contributed by atoms with Crippen molar-refractivity contribution >= 4 is 18.0 Å². The molecule has 10 heteroatoms. The summed E-state index contributed by atoms with van der Waals surface area (Å²) >= 11 is 0. The van der Waals surface area contributed by atoms with Gasteiger partial charge in [-0.1, -0.05) is 0 Å². The first-order valence-electron chi connectivity index (χ1n) is 4.45. The Morgan fingerprint density at radius 3 is 2.28 bits per heavy atom. The Balaban J connectivity index is 4.29. The second kappa shape index (κ2) is 6.67. The Morgan fingerprint density at radius 2 is 1.89 bits per heavy atom. The summed E-state index contributed by atoms with van der Waals surface area (Å²) in [7, 11) is 0.989. The Morgan fingerprint density at radius 1 is 1.33 bits per heavy atom. The Kier molecular flexibility index (Phi) is 5.93. The van der Waals surface area contributed by atoms with E-state index in [1.54, 1.807) is 5.32 Å². The number of hydrogen-bond acceptors (Lipinski definition) is 5. The SMILES string of the molecule is COC(=O)C[C@H](NC(=O)OCC(F)(F)F)C(=O)O. The molecule has 18 heavy (non-hydrogen) atoms. The molecule has 0 aliphatic carbocycles. The first-order valence-corrected chi connectivity index (χ1v) is 4.45. The first kappa shape index (κ1) is 16.0. The van der Waals surface area contributed by atoms with E-state index in [4.69, 9.17) is 5.11 Å². The van der Waals surface area contributed by atoms with Gasteiger partial charge in [0.25, 0.3) is 0 Å². The van der Waals surface area contributed by atoms with Crippen molar-refractivity contribution in [2.24, 2.45) is 0 Å². The minimum atomic E-state index is -4.72. The van der Waals surface area contributed by atoms with Gasteiger partial charge in [0.05, 0.1) is 13.5 Å². The van der Waals surface area contributed by atoms with Crippen LogP contribution in [0.3, 0.4) is 0 Å². The van der Waals surface area contributed by atoms with Crippen LogP contribution in [0.5, 0.6) is 0 Å². The van der Waals surface area contributed by atoms with Crippen LogP contribution in [0.15, 0.2) is 0 Å². The highest BCUT2D eigenvalue weighted by molar-refractivity contribution is 5.85. The summed E-state index contributed by atoms with van der Waals surface area (Å²) in [6.07, 6.45) is -7.05. The van der Waals surface area contributed by atoms with Gasteiger partial charge < -0.3 is 19.9 Å². The minimum Gasteiger partial charge on any atom is -0.480 e. The van der Waals surface area contributed by atoms with Crippen molar-refractivity contribution in [2.75, 3.05) is 13.7 Å². The number of carboxylic acid groups (broad SMARTS) is 1. The van der Waals surface area contributed by atoms with E-state index in [9.17, 15) is 27.6 Å². The van der Waals surface area contributed by atoms with Crippen LogP contribution in [-0.4, -0.2) is 49.1 Å². The number of carbonyl (C=O) groups is 3. The number of amides is 1. The van der Waals surface area contributed by atoms with Gasteiger partial charge >= 0.3 is 24.2 Å². The zero-order chi connectivity index (χ0) is 14.3. The van der Waals surface area contributed by atoms with Crippen LogP contribution in [0, 0.1) is 0 Å². The van der Waals surface area contributed by atoms with Gasteiger partial charge in [0, 0.05) is 0 Å². The molecule has 1 atom stereocenters. The summed E-state index contributed by atoms with van der Waals surface area (Å²) in [6, 6.07) is -1.72. The normalized spacial score (nSPS) is 12.4. The molecule has 0 saturated heterocycles. The molecule has 0 bridgehead atoms. The summed E-state index contributed by atoms with van der Waals surface area (Å²) in [5.41, 5.74) is 0. The van der Waals surface area contributed by atoms with Crippen molar-refractivity contribution in [2.45, 2.75) is 18.6 Å². The second-order valence-corrected chi connectivity index (χ2v) is 3.01. The summed E-state index contributed by atoms with van der Waals surface area (Å²) in [4.78, 5) is 32.2. The van der Waals surface area contributed by atoms with E-state index in [1.807, 2.05) is 0 Å². The molecule has 0 radical (unpaired) electrons.